The Bertz CT molecular complexity index is 790. The third-order valence-electron chi connectivity index (χ3n) is 3.93. The molecule has 0 saturated heterocycles. The summed E-state index contributed by atoms with van der Waals surface area (Å²) in [5, 5.41) is 0. The Hall–Kier alpha value is -2.34. The maximum Gasteiger partial charge on any atom is 0.276 e. The molecule has 0 aliphatic rings. The number of nitrogens with one attached hydrogen (secondary N) is 2. The van der Waals surface area contributed by atoms with E-state index in [1.54, 1.807) is 0 Å². The zero-order valence-electron chi connectivity index (χ0n) is 15.1. The van der Waals surface area contributed by atoms with E-state index in [9.17, 15) is 9.59 Å². The summed E-state index contributed by atoms with van der Waals surface area (Å²) < 4.78 is 6.28. The summed E-state index contributed by atoms with van der Waals surface area (Å²) in [5.41, 5.74) is 7.90. The lowest BCUT2D eigenvalue weighted by atomic mass is 10.0. The van der Waals surface area contributed by atoms with Gasteiger partial charge in [-0.2, -0.15) is 0 Å². The van der Waals surface area contributed by atoms with Crippen molar-refractivity contribution >= 4 is 27.7 Å². The first-order valence-corrected chi connectivity index (χ1v) is 9.20. The molecular weight excluding hydrogens is 396 g/mol. The minimum atomic E-state index is -0.428. The maximum atomic E-state index is 11.9. The van der Waals surface area contributed by atoms with E-state index >= 15 is 0 Å². The number of aryl methyl sites for hydroxylation is 1. The highest BCUT2D eigenvalue weighted by atomic mass is 79.9. The van der Waals surface area contributed by atoms with Crippen LogP contribution in [0.2, 0.25) is 0 Å². The van der Waals surface area contributed by atoms with Crippen LogP contribution in [0.4, 0.5) is 0 Å². The van der Waals surface area contributed by atoms with E-state index in [4.69, 9.17) is 4.74 Å². The highest BCUT2D eigenvalue weighted by Crippen LogP contribution is 2.28. The second-order valence-electron chi connectivity index (χ2n) is 6.33. The molecule has 2 aromatic carbocycles. The monoisotopic (exact) mass is 418 g/mol. The van der Waals surface area contributed by atoms with Gasteiger partial charge in [-0.25, -0.2) is 0 Å². The lowest BCUT2D eigenvalue weighted by molar-refractivity contribution is -0.129. The fraction of sp³-hybridized carbons (Fsp3) is 0.300. The van der Waals surface area contributed by atoms with Gasteiger partial charge in [0.25, 0.3) is 5.91 Å². The molecule has 0 atom stereocenters. The molecule has 0 unspecified atom stereocenters. The maximum absolute atomic E-state index is 11.9. The fourth-order valence-corrected chi connectivity index (χ4v) is 2.85. The van der Waals surface area contributed by atoms with Crippen LogP contribution in [0.25, 0.3) is 0 Å². The zero-order chi connectivity index (χ0) is 19.1. The number of carbonyl (C=O) groups excluding carboxylic acids is 2. The van der Waals surface area contributed by atoms with Crippen molar-refractivity contribution in [2.24, 2.45) is 0 Å². The number of carbonyl (C=O) groups is 2. The zero-order valence-corrected chi connectivity index (χ0v) is 16.7. The molecular formula is C20H23BrN2O3. The van der Waals surface area contributed by atoms with Gasteiger partial charge in [0.05, 0.1) is 10.9 Å². The summed E-state index contributed by atoms with van der Waals surface area (Å²) >= 11 is 3.45. The Balaban J connectivity index is 1.78. The molecule has 26 heavy (non-hydrogen) atoms. The van der Waals surface area contributed by atoms with Gasteiger partial charge in [0.1, 0.15) is 5.75 Å². The Labute approximate surface area is 162 Å². The second-order valence-corrected chi connectivity index (χ2v) is 7.19. The molecule has 0 aliphatic carbocycles. The number of rotatable bonds is 6. The molecule has 0 heterocycles. The molecule has 0 aliphatic heterocycles. The van der Waals surface area contributed by atoms with Crippen molar-refractivity contribution in [1.29, 1.82) is 0 Å². The van der Waals surface area contributed by atoms with E-state index < -0.39 is 5.91 Å². The lowest BCUT2D eigenvalue weighted by Gasteiger charge is -2.12. The second kappa shape index (κ2) is 9.38. The van der Waals surface area contributed by atoms with Gasteiger partial charge in [0.15, 0.2) is 6.61 Å². The van der Waals surface area contributed by atoms with Crippen LogP contribution in [0.1, 0.15) is 36.5 Å². The van der Waals surface area contributed by atoms with Crippen molar-refractivity contribution in [3.63, 3.8) is 0 Å². The number of halogens is 1. The molecule has 0 aromatic heterocycles. The van der Waals surface area contributed by atoms with Crippen LogP contribution in [0.5, 0.6) is 5.75 Å². The minimum Gasteiger partial charge on any atom is -0.483 e. The van der Waals surface area contributed by atoms with Crippen molar-refractivity contribution in [2.75, 3.05) is 6.61 Å². The van der Waals surface area contributed by atoms with Gasteiger partial charge >= 0.3 is 0 Å². The van der Waals surface area contributed by atoms with Gasteiger partial charge in [-0.3, -0.25) is 20.4 Å². The SMILES string of the molecule is Cc1ccccc1CC(=O)NNC(=O)COc1ccc(C(C)C)cc1Br. The average Bonchev–Trinajstić information content (AvgIpc) is 2.60. The molecule has 2 rings (SSSR count). The van der Waals surface area contributed by atoms with Crippen molar-refractivity contribution < 1.29 is 14.3 Å². The van der Waals surface area contributed by atoms with Crippen LogP contribution in [0.3, 0.4) is 0 Å². The summed E-state index contributed by atoms with van der Waals surface area (Å²) in [6.07, 6.45) is 0.204. The molecule has 138 valence electrons. The van der Waals surface area contributed by atoms with Crippen molar-refractivity contribution in [1.82, 2.24) is 10.9 Å². The van der Waals surface area contributed by atoms with Crippen molar-refractivity contribution in [2.45, 2.75) is 33.1 Å². The summed E-state index contributed by atoms with van der Waals surface area (Å²) in [4.78, 5) is 23.8. The van der Waals surface area contributed by atoms with Gasteiger partial charge in [0, 0.05) is 0 Å². The fourth-order valence-electron chi connectivity index (χ4n) is 2.34. The smallest absolute Gasteiger partial charge is 0.276 e. The van der Waals surface area contributed by atoms with Crippen LogP contribution in [0.15, 0.2) is 46.9 Å². The van der Waals surface area contributed by atoms with Gasteiger partial charge < -0.3 is 4.74 Å². The predicted octanol–water partition coefficient (Wildman–Crippen LogP) is 3.65. The number of hydrogen-bond acceptors (Lipinski definition) is 3. The Morgan fingerprint density at radius 1 is 1.08 bits per heavy atom. The molecule has 0 saturated carbocycles. The molecule has 2 aromatic rings. The molecule has 0 fully saturated rings. The van der Waals surface area contributed by atoms with Gasteiger partial charge in [-0.05, 0) is 57.6 Å². The van der Waals surface area contributed by atoms with Crippen molar-refractivity contribution in [3.05, 3.63) is 63.6 Å². The van der Waals surface area contributed by atoms with Crippen LogP contribution < -0.4 is 15.6 Å². The molecule has 5 nitrogen and oxygen atoms in total. The summed E-state index contributed by atoms with van der Waals surface area (Å²) in [5.74, 6) is 0.279. The van der Waals surface area contributed by atoms with E-state index in [2.05, 4.69) is 40.6 Å². The summed E-state index contributed by atoms with van der Waals surface area (Å²) in [7, 11) is 0. The first kappa shape index (κ1) is 20.0. The third kappa shape index (κ3) is 5.88. The normalized spacial score (nSPS) is 10.5. The number of ether oxygens (including phenoxy) is 1. The van der Waals surface area contributed by atoms with E-state index in [-0.39, 0.29) is 18.9 Å². The van der Waals surface area contributed by atoms with Gasteiger partial charge in [0.2, 0.25) is 5.91 Å². The standard InChI is InChI=1S/C20H23BrN2O3/c1-13(2)15-8-9-18(17(21)10-15)26-12-20(25)23-22-19(24)11-16-7-5-4-6-14(16)3/h4-10,13H,11-12H2,1-3H3,(H,22,24)(H,23,25). The van der Waals surface area contributed by atoms with Crippen LogP contribution in [0, 0.1) is 6.92 Å². The van der Waals surface area contributed by atoms with Crippen LogP contribution in [-0.2, 0) is 16.0 Å². The third-order valence-corrected chi connectivity index (χ3v) is 4.55. The number of hydrogen-bond donors (Lipinski definition) is 2. The average molecular weight is 419 g/mol. The van der Waals surface area contributed by atoms with Crippen LogP contribution >= 0.6 is 15.9 Å². The summed E-state index contributed by atoms with van der Waals surface area (Å²) in [6, 6.07) is 13.4. The topological polar surface area (TPSA) is 67.4 Å². The first-order chi connectivity index (χ1) is 12.4. The quantitative estimate of drug-likeness (QED) is 0.703. The highest BCUT2D eigenvalue weighted by Gasteiger charge is 2.10. The molecule has 0 bridgehead atoms. The predicted molar refractivity (Wildman–Crippen MR) is 105 cm³/mol. The number of amides is 2. The molecule has 2 N–H and O–H groups in total. The van der Waals surface area contributed by atoms with Crippen LogP contribution in [-0.4, -0.2) is 18.4 Å². The van der Waals surface area contributed by atoms with E-state index in [1.165, 1.54) is 5.56 Å². The van der Waals surface area contributed by atoms with Crippen molar-refractivity contribution in [3.8, 4) is 5.75 Å². The van der Waals surface area contributed by atoms with E-state index in [1.807, 2.05) is 49.4 Å². The molecule has 2 amide bonds. The van der Waals surface area contributed by atoms with Gasteiger partial charge in [-0.1, -0.05) is 44.2 Å². The Morgan fingerprint density at radius 3 is 2.42 bits per heavy atom. The lowest BCUT2D eigenvalue weighted by Crippen LogP contribution is -2.44. The Morgan fingerprint density at radius 2 is 1.77 bits per heavy atom. The minimum absolute atomic E-state index is 0.190. The molecule has 0 radical (unpaired) electrons. The first-order valence-electron chi connectivity index (χ1n) is 8.41. The highest BCUT2D eigenvalue weighted by molar-refractivity contribution is 9.10. The van der Waals surface area contributed by atoms with Gasteiger partial charge in [-0.15, -0.1) is 0 Å². The van der Waals surface area contributed by atoms with E-state index in [0.717, 1.165) is 15.6 Å². The molecule has 6 heteroatoms. The Kier molecular flexibility index (Phi) is 7.21. The largest absolute Gasteiger partial charge is 0.483 e. The number of hydrazine groups is 1. The summed E-state index contributed by atoms with van der Waals surface area (Å²) in [6.45, 7) is 5.96. The number of benzene rings is 2. The van der Waals surface area contributed by atoms with E-state index in [0.29, 0.717) is 11.7 Å². The molecule has 0 spiro atoms.